The van der Waals surface area contributed by atoms with E-state index in [4.69, 9.17) is 15.1 Å². The van der Waals surface area contributed by atoms with E-state index in [1.165, 1.54) is 25.0 Å². The standard InChI is InChI=1S/C8H22N2OS2.C7H18N2/c1-10(7-5-6-9)8-13(3,4)11-12-2;1-3-6-9(2)7-4-5-8/h5-9H2,1-4H3;3-8H2,1-2H3. The molecule has 0 aliphatic carbocycles. The highest BCUT2D eigenvalue weighted by Crippen LogP contribution is 2.44. The SMILES string of the molecule is CCCN(C)CCCN.CSOS(C)(C)CN(C)CCCN. The van der Waals surface area contributed by atoms with Gasteiger partial charge in [0.05, 0.1) is 5.88 Å². The van der Waals surface area contributed by atoms with E-state index in [0.717, 1.165) is 44.9 Å². The molecule has 0 rings (SSSR count). The highest BCUT2D eigenvalue weighted by molar-refractivity contribution is 8.32. The maximum absolute atomic E-state index is 5.61. The van der Waals surface area contributed by atoms with Crippen LogP contribution in [0.2, 0.25) is 0 Å². The Kier molecular flexibility index (Phi) is 18.4. The smallest absolute Gasteiger partial charge is 0.0503 e. The molecule has 0 fully saturated rings. The Hall–Kier alpha value is 0.500. The Morgan fingerprint density at radius 2 is 1.45 bits per heavy atom. The van der Waals surface area contributed by atoms with Gasteiger partial charge in [-0.05, 0) is 78.6 Å². The fraction of sp³-hybridized carbons (Fsp3) is 1.00. The molecule has 0 amide bonds. The Balaban J connectivity index is 0. The monoisotopic (exact) mass is 356 g/mol. The van der Waals surface area contributed by atoms with Gasteiger partial charge >= 0.3 is 0 Å². The van der Waals surface area contributed by atoms with Crippen LogP contribution in [0, 0.1) is 0 Å². The third-order valence-electron chi connectivity index (χ3n) is 2.88. The fourth-order valence-electron chi connectivity index (χ4n) is 2.02. The van der Waals surface area contributed by atoms with Crippen molar-refractivity contribution >= 4 is 22.4 Å². The number of nitrogens with zero attached hydrogens (tertiary/aromatic N) is 2. The molecule has 0 radical (unpaired) electrons. The molecule has 0 atom stereocenters. The normalized spacial score (nSPS) is 12.5. The van der Waals surface area contributed by atoms with E-state index in [-0.39, 0.29) is 0 Å². The molecule has 138 valence electrons. The predicted octanol–water partition coefficient (Wildman–Crippen LogP) is 2.18. The van der Waals surface area contributed by atoms with E-state index >= 15 is 0 Å². The predicted molar refractivity (Wildman–Crippen MR) is 107 cm³/mol. The molecule has 0 unspecified atom stereocenters. The number of nitrogens with two attached hydrogens (primary N) is 2. The molecule has 0 aliphatic heterocycles. The average Bonchev–Trinajstić information content (AvgIpc) is 2.43. The zero-order valence-electron chi connectivity index (χ0n) is 15.6. The summed E-state index contributed by atoms with van der Waals surface area (Å²) in [6, 6.07) is 0. The van der Waals surface area contributed by atoms with E-state index < -0.39 is 10.3 Å². The molecular formula is C15H40N4OS2. The molecule has 7 heteroatoms. The molecule has 0 spiro atoms. The van der Waals surface area contributed by atoms with Crippen molar-refractivity contribution in [1.82, 2.24) is 9.80 Å². The summed E-state index contributed by atoms with van der Waals surface area (Å²) in [4.78, 5) is 4.60. The lowest BCUT2D eigenvalue weighted by Crippen LogP contribution is -2.26. The summed E-state index contributed by atoms with van der Waals surface area (Å²) in [5, 5.41) is 0. The van der Waals surface area contributed by atoms with Crippen molar-refractivity contribution in [3.05, 3.63) is 0 Å². The van der Waals surface area contributed by atoms with Gasteiger partial charge in [0.15, 0.2) is 0 Å². The third kappa shape index (κ3) is 18.5. The first-order chi connectivity index (χ1) is 10.3. The first-order valence-corrected chi connectivity index (χ1v) is 11.7. The molecule has 0 aromatic carbocycles. The van der Waals surface area contributed by atoms with Crippen LogP contribution in [0.3, 0.4) is 0 Å². The van der Waals surface area contributed by atoms with Gasteiger partial charge in [0.2, 0.25) is 0 Å². The number of rotatable bonds is 12. The van der Waals surface area contributed by atoms with E-state index in [9.17, 15) is 0 Å². The summed E-state index contributed by atoms with van der Waals surface area (Å²) < 4.78 is 5.61. The topological polar surface area (TPSA) is 67.8 Å². The average molecular weight is 357 g/mol. The van der Waals surface area contributed by atoms with Crippen LogP contribution >= 0.6 is 22.4 Å². The highest BCUT2D eigenvalue weighted by atomic mass is 32.3. The number of hydrogen-bond donors (Lipinski definition) is 2. The summed E-state index contributed by atoms with van der Waals surface area (Å²) in [6.45, 7) is 7.17. The van der Waals surface area contributed by atoms with Crippen LogP contribution in [-0.4, -0.2) is 81.3 Å². The Labute approximate surface area is 145 Å². The van der Waals surface area contributed by atoms with Gasteiger partial charge in [0.25, 0.3) is 0 Å². The zero-order valence-corrected chi connectivity index (χ0v) is 17.3. The molecule has 0 aromatic heterocycles. The second-order valence-corrected chi connectivity index (χ2v) is 9.98. The summed E-state index contributed by atoms with van der Waals surface area (Å²) in [7, 11) is 3.34. The first kappa shape index (κ1) is 24.7. The molecule has 0 aromatic rings. The molecule has 5 nitrogen and oxygen atoms in total. The van der Waals surface area contributed by atoms with Crippen molar-refractivity contribution in [1.29, 1.82) is 0 Å². The van der Waals surface area contributed by atoms with Crippen LogP contribution in [0.5, 0.6) is 0 Å². The van der Waals surface area contributed by atoms with Crippen molar-refractivity contribution in [2.75, 3.05) is 71.5 Å². The van der Waals surface area contributed by atoms with Crippen LogP contribution in [0.25, 0.3) is 0 Å². The minimum Gasteiger partial charge on any atom is -0.330 e. The molecule has 22 heavy (non-hydrogen) atoms. The molecule has 0 heterocycles. The van der Waals surface area contributed by atoms with Gasteiger partial charge in [0.1, 0.15) is 0 Å². The van der Waals surface area contributed by atoms with Gasteiger partial charge in [-0.2, -0.15) is 0 Å². The summed E-state index contributed by atoms with van der Waals surface area (Å²) in [6.07, 6.45) is 9.75. The van der Waals surface area contributed by atoms with Crippen molar-refractivity contribution in [3.8, 4) is 0 Å². The van der Waals surface area contributed by atoms with Crippen LogP contribution in [0.15, 0.2) is 0 Å². The van der Waals surface area contributed by atoms with Crippen LogP contribution < -0.4 is 11.5 Å². The second kappa shape index (κ2) is 16.4. The second-order valence-electron chi connectivity index (χ2n) is 5.97. The molecule has 0 saturated carbocycles. The van der Waals surface area contributed by atoms with Gasteiger partial charge in [-0.25, -0.2) is 0 Å². The molecule has 4 N–H and O–H groups in total. The van der Waals surface area contributed by atoms with E-state index in [0.29, 0.717) is 0 Å². The minimum absolute atomic E-state index is 0.767. The van der Waals surface area contributed by atoms with Crippen molar-refractivity contribution in [2.24, 2.45) is 11.5 Å². The van der Waals surface area contributed by atoms with Gasteiger partial charge < -0.3 is 16.4 Å². The Bertz CT molecular complexity index is 234. The lowest BCUT2D eigenvalue weighted by Gasteiger charge is -2.33. The maximum atomic E-state index is 5.61. The van der Waals surface area contributed by atoms with Crippen molar-refractivity contribution < 1.29 is 3.63 Å². The van der Waals surface area contributed by atoms with Gasteiger partial charge in [-0.15, -0.1) is 10.3 Å². The minimum atomic E-state index is -0.913. The molecular weight excluding hydrogens is 316 g/mol. The van der Waals surface area contributed by atoms with Crippen LogP contribution in [0.1, 0.15) is 26.2 Å². The van der Waals surface area contributed by atoms with Gasteiger partial charge in [0, 0.05) is 18.3 Å². The zero-order chi connectivity index (χ0) is 17.4. The summed E-state index contributed by atoms with van der Waals surface area (Å²) in [5.74, 6) is 1.02. The highest BCUT2D eigenvalue weighted by Gasteiger charge is 2.14. The fourth-order valence-corrected chi connectivity index (χ4v) is 4.85. The molecule has 0 saturated heterocycles. The van der Waals surface area contributed by atoms with E-state index in [1.54, 1.807) is 0 Å². The summed E-state index contributed by atoms with van der Waals surface area (Å²) in [5.41, 5.74) is 10.8. The molecule has 0 bridgehead atoms. The van der Waals surface area contributed by atoms with Crippen LogP contribution in [0.4, 0.5) is 0 Å². The first-order valence-electron chi connectivity index (χ1n) is 8.03. The third-order valence-corrected chi connectivity index (χ3v) is 5.96. The Morgan fingerprint density at radius 3 is 1.86 bits per heavy atom. The molecule has 0 aliphatic rings. The van der Waals surface area contributed by atoms with Crippen LogP contribution in [-0.2, 0) is 3.63 Å². The largest absolute Gasteiger partial charge is 0.330 e. The lowest BCUT2D eigenvalue weighted by atomic mass is 10.3. The van der Waals surface area contributed by atoms with Crippen molar-refractivity contribution in [3.63, 3.8) is 0 Å². The lowest BCUT2D eigenvalue weighted by molar-refractivity contribution is 0.332. The summed E-state index contributed by atoms with van der Waals surface area (Å²) >= 11 is 1.46. The van der Waals surface area contributed by atoms with Gasteiger partial charge in [-0.3, -0.25) is 8.53 Å². The Morgan fingerprint density at radius 1 is 0.955 bits per heavy atom. The number of hydrogen-bond acceptors (Lipinski definition) is 6. The van der Waals surface area contributed by atoms with E-state index in [2.05, 4.69) is 43.3 Å². The quantitative estimate of drug-likeness (QED) is 0.522. The van der Waals surface area contributed by atoms with Gasteiger partial charge in [-0.1, -0.05) is 6.92 Å². The van der Waals surface area contributed by atoms with Crippen molar-refractivity contribution in [2.45, 2.75) is 26.2 Å². The van der Waals surface area contributed by atoms with E-state index in [1.807, 2.05) is 6.26 Å². The maximum Gasteiger partial charge on any atom is 0.0503 e.